The molecule has 90 valence electrons. The molecular formula is C13H14ClNOS. The first-order valence-electron chi connectivity index (χ1n) is 5.36. The zero-order valence-corrected chi connectivity index (χ0v) is 11.1. The summed E-state index contributed by atoms with van der Waals surface area (Å²) >= 11 is 7.69. The minimum Gasteiger partial charge on any atom is -0.490 e. The lowest BCUT2D eigenvalue weighted by molar-refractivity contribution is 0.292. The van der Waals surface area contributed by atoms with Gasteiger partial charge in [0.15, 0.2) is 0 Å². The van der Waals surface area contributed by atoms with Crippen molar-refractivity contribution in [3.8, 4) is 5.75 Å². The highest BCUT2D eigenvalue weighted by molar-refractivity contribution is 7.12. The number of hydrogen-bond acceptors (Lipinski definition) is 3. The van der Waals surface area contributed by atoms with Gasteiger partial charge in [-0.05, 0) is 31.2 Å². The van der Waals surface area contributed by atoms with E-state index in [0.717, 1.165) is 4.88 Å². The van der Waals surface area contributed by atoms with Gasteiger partial charge in [0.25, 0.3) is 0 Å². The SMILES string of the molecule is Cc1ccc(C(N)COc2ccccc2Cl)s1. The molecule has 0 aliphatic rings. The van der Waals surface area contributed by atoms with Crippen LogP contribution in [0.15, 0.2) is 36.4 Å². The average molecular weight is 268 g/mol. The van der Waals surface area contributed by atoms with Crippen LogP contribution in [0.5, 0.6) is 5.75 Å². The minimum absolute atomic E-state index is 0.107. The molecule has 2 aromatic rings. The molecule has 4 heteroatoms. The Morgan fingerprint density at radius 1 is 1.29 bits per heavy atom. The van der Waals surface area contributed by atoms with Crippen molar-refractivity contribution >= 4 is 22.9 Å². The molecule has 17 heavy (non-hydrogen) atoms. The Hall–Kier alpha value is -1.03. The zero-order chi connectivity index (χ0) is 12.3. The van der Waals surface area contributed by atoms with Crippen LogP contribution in [0.3, 0.4) is 0 Å². The predicted molar refractivity (Wildman–Crippen MR) is 72.9 cm³/mol. The van der Waals surface area contributed by atoms with E-state index in [9.17, 15) is 0 Å². The quantitative estimate of drug-likeness (QED) is 0.915. The number of halogens is 1. The fourth-order valence-corrected chi connectivity index (χ4v) is 2.53. The van der Waals surface area contributed by atoms with Crippen molar-refractivity contribution in [1.82, 2.24) is 0 Å². The van der Waals surface area contributed by atoms with Crippen LogP contribution in [0, 0.1) is 6.92 Å². The first kappa shape index (κ1) is 12.4. The molecule has 0 saturated carbocycles. The van der Waals surface area contributed by atoms with Gasteiger partial charge >= 0.3 is 0 Å². The number of para-hydroxylation sites is 1. The molecule has 0 aliphatic carbocycles. The van der Waals surface area contributed by atoms with E-state index in [1.807, 2.05) is 24.3 Å². The van der Waals surface area contributed by atoms with Gasteiger partial charge in [-0.3, -0.25) is 0 Å². The summed E-state index contributed by atoms with van der Waals surface area (Å²) in [5, 5.41) is 0.613. The van der Waals surface area contributed by atoms with Gasteiger partial charge in [0.1, 0.15) is 12.4 Å². The lowest BCUT2D eigenvalue weighted by Crippen LogP contribution is -2.17. The summed E-state index contributed by atoms with van der Waals surface area (Å²) in [5.74, 6) is 0.679. The van der Waals surface area contributed by atoms with E-state index in [1.165, 1.54) is 4.88 Å². The van der Waals surface area contributed by atoms with Gasteiger partial charge in [-0.2, -0.15) is 0 Å². The highest BCUT2D eigenvalue weighted by atomic mass is 35.5. The second-order valence-corrected chi connectivity index (χ2v) is 5.52. The van der Waals surface area contributed by atoms with Crippen molar-refractivity contribution in [2.45, 2.75) is 13.0 Å². The first-order valence-corrected chi connectivity index (χ1v) is 6.55. The summed E-state index contributed by atoms with van der Waals surface area (Å²) in [7, 11) is 0. The number of rotatable bonds is 4. The van der Waals surface area contributed by atoms with Gasteiger partial charge in [0.05, 0.1) is 11.1 Å². The highest BCUT2D eigenvalue weighted by Crippen LogP contribution is 2.26. The van der Waals surface area contributed by atoms with Crippen LogP contribution in [0.4, 0.5) is 0 Å². The molecule has 0 amide bonds. The molecule has 0 saturated heterocycles. The maximum Gasteiger partial charge on any atom is 0.137 e. The number of benzene rings is 1. The van der Waals surface area contributed by atoms with Crippen LogP contribution in [-0.4, -0.2) is 6.61 Å². The Balaban J connectivity index is 1.97. The molecule has 0 spiro atoms. The van der Waals surface area contributed by atoms with E-state index in [-0.39, 0.29) is 6.04 Å². The van der Waals surface area contributed by atoms with Gasteiger partial charge < -0.3 is 10.5 Å². The Morgan fingerprint density at radius 3 is 2.71 bits per heavy atom. The van der Waals surface area contributed by atoms with Gasteiger partial charge in [-0.15, -0.1) is 11.3 Å². The summed E-state index contributed by atoms with van der Waals surface area (Å²) in [6.07, 6.45) is 0. The molecule has 1 aromatic heterocycles. The third-order valence-electron chi connectivity index (χ3n) is 2.38. The van der Waals surface area contributed by atoms with Gasteiger partial charge in [-0.25, -0.2) is 0 Å². The molecule has 1 unspecified atom stereocenters. The number of ether oxygens (including phenoxy) is 1. The fraction of sp³-hybridized carbons (Fsp3) is 0.231. The maximum atomic E-state index is 6.05. The lowest BCUT2D eigenvalue weighted by Gasteiger charge is -2.12. The van der Waals surface area contributed by atoms with Crippen LogP contribution in [0.25, 0.3) is 0 Å². The summed E-state index contributed by atoms with van der Waals surface area (Å²) in [4.78, 5) is 2.39. The smallest absolute Gasteiger partial charge is 0.137 e. The Labute approximate surface area is 110 Å². The van der Waals surface area contributed by atoms with Crippen LogP contribution in [0.2, 0.25) is 5.02 Å². The van der Waals surface area contributed by atoms with Crippen molar-refractivity contribution in [3.05, 3.63) is 51.2 Å². The third-order valence-corrected chi connectivity index (χ3v) is 3.83. The third kappa shape index (κ3) is 3.22. The summed E-state index contributed by atoms with van der Waals surface area (Å²) < 4.78 is 5.61. The first-order chi connectivity index (χ1) is 8.16. The molecule has 2 N–H and O–H groups in total. The molecule has 0 fully saturated rings. The molecule has 0 radical (unpaired) electrons. The predicted octanol–water partition coefficient (Wildman–Crippen LogP) is 3.79. The van der Waals surface area contributed by atoms with Gasteiger partial charge in [-0.1, -0.05) is 23.7 Å². The monoisotopic (exact) mass is 267 g/mol. The topological polar surface area (TPSA) is 35.2 Å². The van der Waals surface area contributed by atoms with Gasteiger partial charge in [0.2, 0.25) is 0 Å². The molecular weight excluding hydrogens is 254 g/mol. The number of hydrogen-bond donors (Lipinski definition) is 1. The number of nitrogens with two attached hydrogens (primary N) is 1. The van der Waals surface area contributed by atoms with Crippen LogP contribution in [-0.2, 0) is 0 Å². The number of thiophene rings is 1. The Kier molecular flexibility index (Phi) is 4.05. The summed E-state index contributed by atoms with van der Waals surface area (Å²) in [5.41, 5.74) is 6.05. The van der Waals surface area contributed by atoms with Crippen LogP contribution >= 0.6 is 22.9 Å². The largest absolute Gasteiger partial charge is 0.490 e. The van der Waals surface area contributed by atoms with E-state index in [2.05, 4.69) is 13.0 Å². The Morgan fingerprint density at radius 2 is 2.06 bits per heavy atom. The molecule has 1 heterocycles. The van der Waals surface area contributed by atoms with E-state index < -0.39 is 0 Å². The maximum absolute atomic E-state index is 6.05. The summed E-state index contributed by atoms with van der Waals surface area (Å²) in [6.45, 7) is 2.50. The minimum atomic E-state index is -0.107. The van der Waals surface area contributed by atoms with E-state index in [4.69, 9.17) is 22.1 Å². The second-order valence-electron chi connectivity index (χ2n) is 3.80. The molecule has 1 atom stereocenters. The molecule has 2 nitrogen and oxygen atoms in total. The molecule has 2 rings (SSSR count). The molecule has 1 aromatic carbocycles. The molecule has 0 aliphatic heterocycles. The second kappa shape index (κ2) is 5.54. The van der Waals surface area contributed by atoms with Crippen LogP contribution < -0.4 is 10.5 Å². The van der Waals surface area contributed by atoms with E-state index >= 15 is 0 Å². The molecule has 0 bridgehead atoms. The van der Waals surface area contributed by atoms with E-state index in [0.29, 0.717) is 17.4 Å². The normalized spacial score (nSPS) is 12.4. The standard InChI is InChI=1S/C13H14ClNOS/c1-9-6-7-13(17-9)11(15)8-16-12-5-3-2-4-10(12)14/h2-7,11H,8,15H2,1H3. The van der Waals surface area contributed by atoms with Crippen molar-refractivity contribution in [2.24, 2.45) is 5.73 Å². The average Bonchev–Trinajstić information content (AvgIpc) is 2.74. The Bertz CT molecular complexity index is 498. The van der Waals surface area contributed by atoms with Crippen LogP contribution in [0.1, 0.15) is 15.8 Å². The van der Waals surface area contributed by atoms with Crippen molar-refractivity contribution in [2.75, 3.05) is 6.61 Å². The van der Waals surface area contributed by atoms with E-state index in [1.54, 1.807) is 17.4 Å². The zero-order valence-electron chi connectivity index (χ0n) is 9.52. The van der Waals surface area contributed by atoms with Crippen molar-refractivity contribution in [1.29, 1.82) is 0 Å². The van der Waals surface area contributed by atoms with Gasteiger partial charge in [0, 0.05) is 9.75 Å². The summed E-state index contributed by atoms with van der Waals surface area (Å²) in [6, 6.07) is 11.4. The van der Waals surface area contributed by atoms with Crippen molar-refractivity contribution in [3.63, 3.8) is 0 Å². The number of aryl methyl sites for hydroxylation is 1. The lowest BCUT2D eigenvalue weighted by atomic mass is 10.2. The highest BCUT2D eigenvalue weighted by Gasteiger charge is 2.10. The van der Waals surface area contributed by atoms with Crippen molar-refractivity contribution < 1.29 is 4.74 Å². The fourth-order valence-electron chi connectivity index (χ4n) is 1.48.